The highest BCUT2D eigenvalue weighted by atomic mass is 16.5. The predicted octanol–water partition coefficient (Wildman–Crippen LogP) is 5.49. The van der Waals surface area contributed by atoms with Gasteiger partial charge in [0.05, 0.1) is 24.0 Å². The van der Waals surface area contributed by atoms with Crippen molar-refractivity contribution in [2.24, 2.45) is 24.6 Å². The van der Waals surface area contributed by atoms with Crippen LogP contribution in [0.2, 0.25) is 0 Å². The van der Waals surface area contributed by atoms with E-state index in [1.807, 2.05) is 48.3 Å². The van der Waals surface area contributed by atoms with Crippen molar-refractivity contribution in [3.63, 3.8) is 0 Å². The smallest absolute Gasteiger partial charge is 0.254 e. The second kappa shape index (κ2) is 10.0. The summed E-state index contributed by atoms with van der Waals surface area (Å²) in [5.74, 6) is 2.41. The molecular formula is C36H35N7O3. The van der Waals surface area contributed by atoms with E-state index in [0.29, 0.717) is 29.7 Å². The number of aromatic nitrogens is 5. The molecule has 2 saturated carbocycles. The third kappa shape index (κ3) is 4.20. The summed E-state index contributed by atoms with van der Waals surface area (Å²) >= 11 is 0. The molecule has 232 valence electrons. The number of aromatic hydroxyl groups is 1. The van der Waals surface area contributed by atoms with E-state index in [4.69, 9.17) is 20.4 Å². The quantitative estimate of drug-likeness (QED) is 0.255. The van der Waals surface area contributed by atoms with Gasteiger partial charge in [0, 0.05) is 66.4 Å². The van der Waals surface area contributed by atoms with Gasteiger partial charge in [-0.2, -0.15) is 0 Å². The lowest BCUT2D eigenvalue weighted by Gasteiger charge is -2.27. The standard InChI is InChI=1S/C36H35N7O3/c1-41-33-27(12-25(14-30(33)46-2)36(45)43-18-23-8-10-28(43)32(23)37)40-35(41)29-13-21-7-9-26(39-34(21)42(29)17-19-3-4-19)20-5-6-22-16-38-31(44)15-24(22)11-20/h5-7,9,11-16,19,23,28,32H,3-4,8,10,17-18,37H2,1-2H3,(H,38,44)/t23?,28?,32-/m1/s1. The normalized spacial score (nSPS) is 20.8. The number of carbonyl (C=O) groups is 1. The Morgan fingerprint density at radius 2 is 1.85 bits per heavy atom. The number of nitrogens with zero attached hydrogens (tertiary/aromatic N) is 6. The number of piperidine rings is 1. The Hall–Kier alpha value is -4.96. The van der Waals surface area contributed by atoms with Gasteiger partial charge in [0.1, 0.15) is 16.9 Å². The molecule has 1 saturated heterocycles. The van der Waals surface area contributed by atoms with E-state index in [9.17, 15) is 9.90 Å². The van der Waals surface area contributed by atoms with Gasteiger partial charge < -0.3 is 29.6 Å². The molecule has 3 aliphatic rings. The maximum Gasteiger partial charge on any atom is 0.254 e. The molecule has 2 bridgehead atoms. The number of aryl methyl sites for hydroxylation is 1. The van der Waals surface area contributed by atoms with Gasteiger partial charge in [0.2, 0.25) is 5.88 Å². The third-order valence-electron chi connectivity index (χ3n) is 10.4. The van der Waals surface area contributed by atoms with Crippen molar-refractivity contribution in [3.05, 3.63) is 66.4 Å². The molecule has 0 radical (unpaired) electrons. The van der Waals surface area contributed by atoms with Crippen LogP contribution in [0.15, 0.2) is 60.8 Å². The fraction of sp³-hybridized carbons (Fsp3) is 0.333. The van der Waals surface area contributed by atoms with Gasteiger partial charge in [0.25, 0.3) is 5.91 Å². The lowest BCUT2D eigenvalue weighted by atomic mass is 10.1. The number of methoxy groups -OCH3 is 1. The zero-order chi connectivity index (χ0) is 31.3. The average Bonchev–Trinajstić information content (AvgIpc) is 3.47. The number of carbonyl (C=O) groups excluding carboxylic acids is 1. The van der Waals surface area contributed by atoms with E-state index < -0.39 is 0 Å². The SMILES string of the molecule is COc1cc(C(=O)N2CC3CCC2[C@@H]3N)cc2nc(-c3cc4ccc(-c5ccc6cnc(O)cc6c5)nc4n3CC3CC3)n(C)c12. The molecule has 10 nitrogen and oxygen atoms in total. The number of hydrogen-bond acceptors (Lipinski definition) is 7. The second-order valence-electron chi connectivity index (χ2n) is 13.3. The zero-order valence-electron chi connectivity index (χ0n) is 25.8. The summed E-state index contributed by atoms with van der Waals surface area (Å²) in [6.45, 7) is 1.57. The first-order valence-electron chi connectivity index (χ1n) is 16.1. The van der Waals surface area contributed by atoms with Gasteiger partial charge in [-0.1, -0.05) is 12.1 Å². The summed E-state index contributed by atoms with van der Waals surface area (Å²) < 4.78 is 10.2. The van der Waals surface area contributed by atoms with Crippen LogP contribution >= 0.6 is 0 Å². The van der Waals surface area contributed by atoms with Crippen LogP contribution in [0.3, 0.4) is 0 Å². The highest BCUT2D eigenvalue weighted by Crippen LogP contribution is 2.40. The lowest BCUT2D eigenvalue weighted by molar-refractivity contribution is 0.0700. The molecule has 9 rings (SSSR count). The van der Waals surface area contributed by atoms with Gasteiger partial charge in [-0.3, -0.25) is 4.79 Å². The lowest BCUT2D eigenvalue weighted by Crippen LogP contribution is -2.41. The number of pyridine rings is 2. The Morgan fingerprint density at radius 3 is 2.61 bits per heavy atom. The minimum Gasteiger partial charge on any atom is -0.494 e. The van der Waals surface area contributed by atoms with Crippen LogP contribution in [0.4, 0.5) is 0 Å². The van der Waals surface area contributed by atoms with E-state index in [0.717, 1.165) is 75.0 Å². The fourth-order valence-electron chi connectivity index (χ4n) is 7.77. The summed E-state index contributed by atoms with van der Waals surface area (Å²) in [4.78, 5) is 30.0. The molecule has 3 fully saturated rings. The molecule has 2 aromatic carbocycles. The Morgan fingerprint density at radius 1 is 1.00 bits per heavy atom. The summed E-state index contributed by atoms with van der Waals surface area (Å²) in [5.41, 5.74) is 12.3. The van der Waals surface area contributed by atoms with Crippen molar-refractivity contribution in [1.82, 2.24) is 29.0 Å². The number of benzene rings is 2. The van der Waals surface area contributed by atoms with Crippen LogP contribution in [0.5, 0.6) is 11.6 Å². The third-order valence-corrected chi connectivity index (χ3v) is 10.4. The summed E-state index contributed by atoms with van der Waals surface area (Å²) in [6.07, 6.45) is 6.13. The summed E-state index contributed by atoms with van der Waals surface area (Å²) in [6, 6.07) is 18.0. The second-order valence-corrected chi connectivity index (χ2v) is 13.3. The van der Waals surface area contributed by atoms with Crippen molar-refractivity contribution in [2.45, 2.75) is 44.3 Å². The van der Waals surface area contributed by atoms with Gasteiger partial charge in [-0.15, -0.1) is 0 Å². The maximum atomic E-state index is 13.7. The molecule has 3 atom stereocenters. The van der Waals surface area contributed by atoms with Gasteiger partial charge in [-0.05, 0) is 79.3 Å². The number of nitrogens with two attached hydrogens (primary N) is 1. The maximum absolute atomic E-state index is 13.7. The number of amides is 1. The molecule has 2 unspecified atom stereocenters. The molecule has 10 heteroatoms. The molecule has 1 amide bonds. The number of rotatable bonds is 6. The molecule has 2 aliphatic carbocycles. The average molecular weight is 614 g/mol. The number of fused-ring (bicyclic) bond motifs is 5. The van der Waals surface area contributed by atoms with Crippen LogP contribution in [-0.4, -0.2) is 65.7 Å². The van der Waals surface area contributed by atoms with Crippen LogP contribution in [0, 0.1) is 11.8 Å². The van der Waals surface area contributed by atoms with Gasteiger partial charge in [0.15, 0.2) is 5.82 Å². The first-order chi connectivity index (χ1) is 22.4. The van der Waals surface area contributed by atoms with E-state index in [1.165, 1.54) is 12.8 Å². The predicted molar refractivity (Wildman–Crippen MR) is 177 cm³/mol. The highest BCUT2D eigenvalue weighted by Gasteiger charge is 2.47. The Bertz CT molecular complexity index is 2210. The molecule has 4 aromatic heterocycles. The molecule has 0 spiro atoms. The first-order valence-corrected chi connectivity index (χ1v) is 16.1. The zero-order valence-corrected chi connectivity index (χ0v) is 25.8. The molecule has 6 aromatic rings. The van der Waals surface area contributed by atoms with Crippen molar-refractivity contribution >= 4 is 38.7 Å². The minimum atomic E-state index is -0.00482. The van der Waals surface area contributed by atoms with Crippen LogP contribution in [0.25, 0.3) is 55.6 Å². The number of ether oxygens (including phenoxy) is 1. The number of imidazole rings is 1. The molecular weight excluding hydrogens is 578 g/mol. The Balaban J connectivity index is 1.15. The van der Waals surface area contributed by atoms with Crippen molar-refractivity contribution in [3.8, 4) is 34.4 Å². The van der Waals surface area contributed by atoms with E-state index in [2.05, 4.69) is 26.3 Å². The van der Waals surface area contributed by atoms with Crippen LogP contribution in [-0.2, 0) is 13.6 Å². The molecule has 3 N–H and O–H groups in total. The molecule has 5 heterocycles. The highest BCUT2D eigenvalue weighted by molar-refractivity contribution is 6.00. The van der Waals surface area contributed by atoms with Gasteiger partial charge in [-0.25, -0.2) is 15.0 Å². The summed E-state index contributed by atoms with van der Waals surface area (Å²) in [5, 5.41) is 12.8. The van der Waals surface area contributed by atoms with Crippen molar-refractivity contribution in [1.29, 1.82) is 0 Å². The minimum absolute atomic E-state index is 0.00108. The number of likely N-dealkylation sites (tertiary alicyclic amines) is 1. The summed E-state index contributed by atoms with van der Waals surface area (Å²) in [7, 11) is 3.65. The Kier molecular flexibility index (Phi) is 5.96. The molecule has 1 aliphatic heterocycles. The van der Waals surface area contributed by atoms with Crippen molar-refractivity contribution < 1.29 is 14.6 Å². The largest absolute Gasteiger partial charge is 0.494 e. The topological polar surface area (TPSA) is 124 Å². The molecule has 46 heavy (non-hydrogen) atoms. The number of hydrogen-bond donors (Lipinski definition) is 2. The van der Waals surface area contributed by atoms with E-state index in [1.54, 1.807) is 19.4 Å². The Labute approximate surface area is 265 Å². The van der Waals surface area contributed by atoms with Crippen LogP contribution in [0.1, 0.15) is 36.0 Å². The fourth-order valence-corrected chi connectivity index (χ4v) is 7.77. The monoisotopic (exact) mass is 613 g/mol. The van der Waals surface area contributed by atoms with Crippen LogP contribution < -0.4 is 10.5 Å². The first kappa shape index (κ1) is 27.4. The van der Waals surface area contributed by atoms with E-state index >= 15 is 0 Å². The van der Waals surface area contributed by atoms with Crippen molar-refractivity contribution in [2.75, 3.05) is 13.7 Å². The van der Waals surface area contributed by atoms with Gasteiger partial charge >= 0.3 is 0 Å². The van der Waals surface area contributed by atoms with E-state index in [-0.39, 0.29) is 23.9 Å².